The van der Waals surface area contributed by atoms with Crippen LogP contribution >= 0.6 is 0 Å². The maximum atomic E-state index is 13.2. The first kappa shape index (κ1) is 21.8. The van der Waals surface area contributed by atoms with Gasteiger partial charge in [-0.1, -0.05) is 91.0 Å². The first-order valence-corrected chi connectivity index (χ1v) is 11.0. The number of benzene rings is 3. The average Bonchev–Trinajstić information content (AvgIpc) is 3.28. The summed E-state index contributed by atoms with van der Waals surface area (Å²) >= 11 is 0. The minimum absolute atomic E-state index is 0.0555. The number of amides is 2. The molecule has 0 aliphatic carbocycles. The van der Waals surface area contributed by atoms with Gasteiger partial charge in [0.05, 0.1) is 6.54 Å². The Kier molecular flexibility index (Phi) is 6.97. The van der Waals surface area contributed by atoms with Gasteiger partial charge in [0.25, 0.3) is 0 Å². The minimum Gasteiger partial charge on any atom is -0.447 e. The Morgan fingerprint density at radius 2 is 1.47 bits per heavy atom. The van der Waals surface area contributed by atoms with Crippen LogP contribution in [0.1, 0.15) is 42.1 Å². The van der Waals surface area contributed by atoms with E-state index in [-0.39, 0.29) is 31.0 Å². The van der Waals surface area contributed by atoms with Gasteiger partial charge in [0.1, 0.15) is 6.61 Å². The number of carbonyl (C=O) groups is 2. The zero-order valence-corrected chi connectivity index (χ0v) is 18.3. The molecule has 1 aliphatic rings. The molecule has 1 saturated heterocycles. The van der Waals surface area contributed by atoms with Crippen LogP contribution in [0.5, 0.6) is 0 Å². The fourth-order valence-electron chi connectivity index (χ4n) is 4.23. The number of imide groups is 1. The number of cyclic esters (lactones) is 1. The van der Waals surface area contributed by atoms with Crippen LogP contribution in [-0.4, -0.2) is 35.0 Å². The lowest BCUT2D eigenvalue weighted by Gasteiger charge is -2.37. The molecule has 0 unspecified atom stereocenters. The lowest BCUT2D eigenvalue weighted by Crippen LogP contribution is -2.38. The summed E-state index contributed by atoms with van der Waals surface area (Å²) in [6, 6.07) is 30.5. The number of nitrogens with zero attached hydrogens (tertiary/aromatic N) is 2. The number of rotatable bonds is 8. The molecule has 164 valence electrons. The predicted molar refractivity (Wildman–Crippen MR) is 124 cm³/mol. The number of carbonyl (C=O) groups excluding carboxylic acids is 2. The molecule has 0 radical (unpaired) electrons. The van der Waals surface area contributed by atoms with Crippen molar-refractivity contribution in [1.29, 1.82) is 0 Å². The summed E-state index contributed by atoms with van der Waals surface area (Å²) < 4.78 is 5.00. The Labute approximate surface area is 189 Å². The van der Waals surface area contributed by atoms with Gasteiger partial charge in [-0.15, -0.1) is 0 Å². The third-order valence-corrected chi connectivity index (χ3v) is 6.00. The van der Waals surface area contributed by atoms with Gasteiger partial charge < -0.3 is 4.74 Å². The third kappa shape index (κ3) is 5.06. The monoisotopic (exact) mass is 428 g/mol. The SMILES string of the molecule is C[C@H](c1ccccc1)N(Cc1ccccc1)[C@@H](CC(=O)N1CCOC1=O)c1ccccc1. The lowest BCUT2D eigenvalue weighted by atomic mass is 9.96. The molecule has 3 aromatic rings. The highest BCUT2D eigenvalue weighted by molar-refractivity contribution is 5.93. The molecule has 0 aromatic heterocycles. The zero-order valence-electron chi connectivity index (χ0n) is 18.3. The van der Waals surface area contributed by atoms with Gasteiger partial charge in [-0.05, 0) is 23.6 Å². The summed E-state index contributed by atoms with van der Waals surface area (Å²) in [7, 11) is 0. The van der Waals surface area contributed by atoms with E-state index < -0.39 is 6.09 Å². The van der Waals surface area contributed by atoms with Gasteiger partial charge >= 0.3 is 6.09 Å². The Hall–Kier alpha value is -3.44. The molecule has 1 aliphatic heterocycles. The molecule has 4 rings (SSSR count). The van der Waals surface area contributed by atoms with Gasteiger partial charge in [0.15, 0.2) is 0 Å². The molecule has 32 heavy (non-hydrogen) atoms. The molecule has 5 heteroatoms. The normalized spacial score (nSPS) is 15.4. The Balaban J connectivity index is 1.71. The molecule has 1 heterocycles. The molecule has 0 N–H and O–H groups in total. The Morgan fingerprint density at radius 3 is 2.03 bits per heavy atom. The van der Waals surface area contributed by atoms with Gasteiger partial charge in [-0.3, -0.25) is 9.69 Å². The third-order valence-electron chi connectivity index (χ3n) is 6.00. The maximum absolute atomic E-state index is 13.2. The van der Waals surface area contributed by atoms with Crippen molar-refractivity contribution < 1.29 is 14.3 Å². The van der Waals surface area contributed by atoms with E-state index in [1.807, 2.05) is 54.6 Å². The van der Waals surface area contributed by atoms with Crippen molar-refractivity contribution in [3.63, 3.8) is 0 Å². The number of hydrogen-bond acceptors (Lipinski definition) is 4. The van der Waals surface area contributed by atoms with Gasteiger partial charge in [0, 0.05) is 25.0 Å². The first-order valence-electron chi connectivity index (χ1n) is 11.0. The van der Waals surface area contributed by atoms with Crippen molar-refractivity contribution in [3.05, 3.63) is 108 Å². The van der Waals surface area contributed by atoms with E-state index in [2.05, 4.69) is 48.2 Å². The smallest absolute Gasteiger partial charge is 0.416 e. The molecule has 1 fully saturated rings. The molecule has 3 aromatic carbocycles. The number of hydrogen-bond donors (Lipinski definition) is 0. The largest absolute Gasteiger partial charge is 0.447 e. The van der Waals surface area contributed by atoms with Crippen molar-refractivity contribution >= 4 is 12.0 Å². The Morgan fingerprint density at radius 1 is 0.906 bits per heavy atom. The van der Waals surface area contributed by atoms with E-state index >= 15 is 0 Å². The van der Waals surface area contributed by atoms with Crippen LogP contribution in [0.2, 0.25) is 0 Å². The van der Waals surface area contributed by atoms with E-state index in [4.69, 9.17) is 4.74 Å². The molecule has 0 spiro atoms. The summed E-state index contributed by atoms with van der Waals surface area (Å²) in [5.74, 6) is -0.209. The van der Waals surface area contributed by atoms with Gasteiger partial charge in [-0.25, -0.2) is 9.69 Å². The topological polar surface area (TPSA) is 49.9 Å². The van der Waals surface area contributed by atoms with Crippen LogP contribution < -0.4 is 0 Å². The lowest BCUT2D eigenvalue weighted by molar-refractivity contribution is -0.129. The molecular formula is C27H28N2O3. The van der Waals surface area contributed by atoms with Crippen molar-refractivity contribution in [2.75, 3.05) is 13.2 Å². The van der Waals surface area contributed by atoms with E-state index in [9.17, 15) is 9.59 Å². The van der Waals surface area contributed by atoms with Crippen LogP contribution in [0.4, 0.5) is 4.79 Å². The second-order valence-electron chi connectivity index (χ2n) is 8.03. The summed E-state index contributed by atoms with van der Waals surface area (Å²) in [5.41, 5.74) is 3.40. The van der Waals surface area contributed by atoms with E-state index in [1.165, 1.54) is 16.0 Å². The molecular weight excluding hydrogens is 400 g/mol. The van der Waals surface area contributed by atoms with E-state index in [1.54, 1.807) is 0 Å². The van der Waals surface area contributed by atoms with Gasteiger partial charge in [0.2, 0.25) is 5.91 Å². The van der Waals surface area contributed by atoms with Crippen LogP contribution in [0.3, 0.4) is 0 Å². The summed E-state index contributed by atoms with van der Waals surface area (Å²) in [4.78, 5) is 28.7. The van der Waals surface area contributed by atoms with Crippen LogP contribution in [0.25, 0.3) is 0 Å². The zero-order chi connectivity index (χ0) is 22.3. The predicted octanol–water partition coefficient (Wildman–Crippen LogP) is 5.36. The molecule has 2 amide bonds. The molecule has 2 atom stereocenters. The Bertz CT molecular complexity index is 1020. The second kappa shape index (κ2) is 10.2. The van der Waals surface area contributed by atoms with E-state index in [0.29, 0.717) is 13.1 Å². The van der Waals surface area contributed by atoms with Crippen molar-refractivity contribution in [3.8, 4) is 0 Å². The van der Waals surface area contributed by atoms with E-state index in [0.717, 1.165) is 5.56 Å². The van der Waals surface area contributed by atoms with Crippen molar-refractivity contribution in [2.45, 2.75) is 32.0 Å². The van der Waals surface area contributed by atoms with Gasteiger partial charge in [-0.2, -0.15) is 0 Å². The van der Waals surface area contributed by atoms with Crippen LogP contribution in [-0.2, 0) is 16.1 Å². The second-order valence-corrected chi connectivity index (χ2v) is 8.03. The average molecular weight is 429 g/mol. The highest BCUT2D eigenvalue weighted by atomic mass is 16.6. The highest BCUT2D eigenvalue weighted by Crippen LogP contribution is 2.35. The maximum Gasteiger partial charge on any atom is 0.416 e. The van der Waals surface area contributed by atoms with Crippen LogP contribution in [0, 0.1) is 0 Å². The summed E-state index contributed by atoms with van der Waals surface area (Å²) in [6.07, 6.45) is -0.351. The van der Waals surface area contributed by atoms with Crippen LogP contribution in [0.15, 0.2) is 91.0 Å². The minimum atomic E-state index is -0.549. The van der Waals surface area contributed by atoms with Crippen molar-refractivity contribution in [1.82, 2.24) is 9.80 Å². The quantitative estimate of drug-likeness (QED) is 0.485. The standard InChI is InChI=1S/C27H28N2O3/c1-21(23-13-7-3-8-14-23)29(20-22-11-5-2-6-12-22)25(24-15-9-4-10-16-24)19-26(30)28-17-18-32-27(28)31/h2-16,21,25H,17-20H2,1H3/t21-,25+/m1/s1. The highest BCUT2D eigenvalue weighted by Gasteiger charge is 2.34. The van der Waals surface area contributed by atoms with Crippen molar-refractivity contribution in [2.24, 2.45) is 0 Å². The molecule has 0 saturated carbocycles. The summed E-state index contributed by atoms with van der Waals surface area (Å²) in [5, 5.41) is 0. The fourth-order valence-corrected chi connectivity index (χ4v) is 4.23. The fraction of sp³-hybridized carbons (Fsp3) is 0.259. The number of ether oxygens (including phenoxy) is 1. The first-order chi connectivity index (χ1) is 15.6. The molecule has 0 bridgehead atoms. The molecule has 5 nitrogen and oxygen atoms in total. The summed E-state index contributed by atoms with van der Waals surface area (Å²) in [6.45, 7) is 3.41.